The Morgan fingerprint density at radius 1 is 1.05 bits per heavy atom. The Hall–Kier alpha value is -2.15. The van der Waals surface area contributed by atoms with Crippen LogP contribution < -0.4 is 10.0 Å². The predicted molar refractivity (Wildman–Crippen MR) is 88.9 cm³/mol. The fourth-order valence-corrected chi connectivity index (χ4v) is 3.09. The fourth-order valence-electron chi connectivity index (χ4n) is 2.02. The van der Waals surface area contributed by atoms with E-state index < -0.39 is 10.0 Å². The van der Waals surface area contributed by atoms with Crippen molar-refractivity contribution in [2.24, 2.45) is 0 Å². The number of anilines is 3. The van der Waals surface area contributed by atoms with Crippen molar-refractivity contribution in [1.29, 1.82) is 0 Å². The summed E-state index contributed by atoms with van der Waals surface area (Å²) in [6.45, 7) is 5.85. The van der Waals surface area contributed by atoms with Crippen molar-refractivity contribution in [1.82, 2.24) is 10.2 Å². The molecule has 0 amide bonds. The van der Waals surface area contributed by atoms with E-state index in [4.69, 9.17) is 0 Å². The summed E-state index contributed by atoms with van der Waals surface area (Å²) in [4.78, 5) is 0. The minimum absolute atomic E-state index is 0.0667. The monoisotopic (exact) mass is 320 g/mol. The maximum Gasteiger partial charge on any atom is 0.233 e. The van der Waals surface area contributed by atoms with Gasteiger partial charge in [0.15, 0.2) is 11.6 Å². The number of aromatic nitrogens is 2. The Morgan fingerprint density at radius 2 is 1.73 bits per heavy atom. The van der Waals surface area contributed by atoms with Crippen LogP contribution in [0.1, 0.15) is 24.5 Å². The molecule has 0 aliphatic rings. The molecule has 1 aromatic carbocycles. The number of rotatable bonds is 6. The van der Waals surface area contributed by atoms with E-state index >= 15 is 0 Å². The fraction of sp³-hybridized carbons (Fsp3) is 0.333. The molecule has 0 saturated heterocycles. The van der Waals surface area contributed by atoms with Gasteiger partial charge in [-0.3, -0.25) is 4.72 Å². The number of aryl methyl sites for hydroxylation is 2. The average Bonchev–Trinajstić information content (AvgIpc) is 2.43. The Balaban J connectivity index is 2.09. The Morgan fingerprint density at radius 3 is 2.32 bits per heavy atom. The van der Waals surface area contributed by atoms with Gasteiger partial charge in [0, 0.05) is 5.69 Å². The average molecular weight is 320 g/mol. The molecule has 0 unspecified atom stereocenters. The molecule has 0 radical (unpaired) electrons. The van der Waals surface area contributed by atoms with Gasteiger partial charge in [-0.05, 0) is 44.0 Å². The van der Waals surface area contributed by atoms with Crippen molar-refractivity contribution in [3.63, 3.8) is 0 Å². The third kappa shape index (κ3) is 4.42. The lowest BCUT2D eigenvalue weighted by molar-refractivity contribution is 0.599. The quantitative estimate of drug-likeness (QED) is 0.855. The molecular weight excluding hydrogens is 300 g/mol. The van der Waals surface area contributed by atoms with E-state index in [0.29, 0.717) is 12.2 Å². The summed E-state index contributed by atoms with van der Waals surface area (Å²) in [5.41, 5.74) is 3.24. The third-order valence-corrected chi connectivity index (χ3v) is 4.51. The van der Waals surface area contributed by atoms with Crippen LogP contribution in [0.2, 0.25) is 0 Å². The Bertz CT molecular complexity index is 743. The SMILES string of the molecule is CCCS(=O)(=O)Nc1ccc(Nc2ccc(C)cc2C)nn1. The van der Waals surface area contributed by atoms with Crippen molar-refractivity contribution in [3.8, 4) is 0 Å². The van der Waals surface area contributed by atoms with Gasteiger partial charge < -0.3 is 5.32 Å². The van der Waals surface area contributed by atoms with Crippen LogP contribution >= 0.6 is 0 Å². The third-order valence-electron chi connectivity index (χ3n) is 3.04. The number of nitrogens with zero attached hydrogens (tertiary/aromatic N) is 2. The van der Waals surface area contributed by atoms with Crippen LogP contribution in [-0.4, -0.2) is 24.4 Å². The highest BCUT2D eigenvalue weighted by molar-refractivity contribution is 7.92. The van der Waals surface area contributed by atoms with Gasteiger partial charge in [0.25, 0.3) is 0 Å². The van der Waals surface area contributed by atoms with E-state index in [1.807, 2.05) is 32.9 Å². The first-order valence-electron chi connectivity index (χ1n) is 7.08. The van der Waals surface area contributed by atoms with Crippen molar-refractivity contribution >= 4 is 27.3 Å². The number of nitrogens with one attached hydrogen (secondary N) is 2. The van der Waals surface area contributed by atoms with Gasteiger partial charge in [0.1, 0.15) is 0 Å². The normalized spacial score (nSPS) is 11.2. The van der Waals surface area contributed by atoms with Gasteiger partial charge in [-0.2, -0.15) is 0 Å². The first kappa shape index (κ1) is 16.2. The van der Waals surface area contributed by atoms with E-state index in [9.17, 15) is 8.42 Å². The summed E-state index contributed by atoms with van der Waals surface area (Å²) in [7, 11) is -3.34. The molecule has 2 rings (SSSR count). The maximum absolute atomic E-state index is 11.7. The molecular formula is C15H20N4O2S. The van der Waals surface area contributed by atoms with Crippen LogP contribution in [0.25, 0.3) is 0 Å². The Labute approximate surface area is 131 Å². The molecule has 22 heavy (non-hydrogen) atoms. The number of hydrogen-bond acceptors (Lipinski definition) is 5. The first-order chi connectivity index (χ1) is 10.4. The van der Waals surface area contributed by atoms with Gasteiger partial charge in [0.2, 0.25) is 10.0 Å². The largest absolute Gasteiger partial charge is 0.339 e. The van der Waals surface area contributed by atoms with Gasteiger partial charge in [0.05, 0.1) is 5.75 Å². The molecule has 0 aliphatic heterocycles. The predicted octanol–water partition coefficient (Wildman–Crippen LogP) is 2.99. The van der Waals surface area contributed by atoms with Crippen LogP contribution in [-0.2, 0) is 10.0 Å². The zero-order chi connectivity index (χ0) is 16.2. The highest BCUT2D eigenvalue weighted by Crippen LogP contribution is 2.20. The molecule has 1 aromatic heterocycles. The second-order valence-corrected chi connectivity index (χ2v) is 7.01. The van der Waals surface area contributed by atoms with Crippen molar-refractivity contribution in [2.75, 3.05) is 15.8 Å². The summed E-state index contributed by atoms with van der Waals surface area (Å²) in [6, 6.07) is 9.34. The minimum atomic E-state index is -3.34. The van der Waals surface area contributed by atoms with Gasteiger partial charge in [-0.1, -0.05) is 24.6 Å². The molecule has 0 atom stereocenters. The molecule has 6 nitrogen and oxygen atoms in total. The van der Waals surface area contributed by atoms with E-state index in [-0.39, 0.29) is 11.6 Å². The highest BCUT2D eigenvalue weighted by Gasteiger charge is 2.10. The summed E-state index contributed by atoms with van der Waals surface area (Å²) in [5.74, 6) is 0.849. The summed E-state index contributed by atoms with van der Waals surface area (Å²) in [6.07, 6.45) is 0.551. The highest BCUT2D eigenvalue weighted by atomic mass is 32.2. The van der Waals surface area contributed by atoms with E-state index in [1.54, 1.807) is 12.1 Å². The zero-order valence-electron chi connectivity index (χ0n) is 12.9. The van der Waals surface area contributed by atoms with Crippen molar-refractivity contribution in [2.45, 2.75) is 27.2 Å². The summed E-state index contributed by atoms with van der Waals surface area (Å²) >= 11 is 0. The Kier molecular flexibility index (Phi) is 4.97. The molecule has 0 aliphatic carbocycles. The summed E-state index contributed by atoms with van der Waals surface area (Å²) < 4.78 is 25.7. The van der Waals surface area contributed by atoms with Crippen molar-refractivity contribution < 1.29 is 8.42 Å². The lowest BCUT2D eigenvalue weighted by atomic mass is 10.1. The van der Waals surface area contributed by atoms with Crippen molar-refractivity contribution in [3.05, 3.63) is 41.5 Å². The lowest BCUT2D eigenvalue weighted by Gasteiger charge is -2.10. The first-order valence-corrected chi connectivity index (χ1v) is 8.73. The molecule has 0 bridgehead atoms. The second kappa shape index (κ2) is 6.74. The molecule has 2 aromatic rings. The van der Waals surface area contributed by atoms with Crippen LogP contribution in [0, 0.1) is 13.8 Å². The standard InChI is InChI=1S/C15H20N4O2S/c1-4-9-22(20,21)19-15-8-7-14(17-18-15)16-13-6-5-11(2)10-12(13)3/h5-8,10H,4,9H2,1-3H3,(H,16,17)(H,18,19). The van der Waals surface area contributed by atoms with Crippen LogP contribution in [0.5, 0.6) is 0 Å². The molecule has 1 heterocycles. The molecule has 0 spiro atoms. The smallest absolute Gasteiger partial charge is 0.233 e. The number of sulfonamides is 1. The lowest BCUT2D eigenvalue weighted by Crippen LogP contribution is -2.17. The number of hydrogen-bond donors (Lipinski definition) is 2. The molecule has 2 N–H and O–H groups in total. The minimum Gasteiger partial charge on any atom is -0.339 e. The van der Waals surface area contributed by atoms with Gasteiger partial charge in [-0.15, -0.1) is 10.2 Å². The van der Waals surface area contributed by atoms with Crippen LogP contribution in [0.3, 0.4) is 0 Å². The number of benzene rings is 1. The second-order valence-electron chi connectivity index (χ2n) is 5.17. The molecule has 118 valence electrons. The zero-order valence-corrected chi connectivity index (χ0v) is 13.7. The van der Waals surface area contributed by atoms with Gasteiger partial charge >= 0.3 is 0 Å². The van der Waals surface area contributed by atoms with E-state index in [2.05, 4.69) is 26.3 Å². The topological polar surface area (TPSA) is 84.0 Å². The van der Waals surface area contributed by atoms with E-state index in [1.165, 1.54) is 5.56 Å². The van der Waals surface area contributed by atoms with Crippen LogP contribution in [0.15, 0.2) is 30.3 Å². The summed E-state index contributed by atoms with van der Waals surface area (Å²) in [5, 5.41) is 11.0. The maximum atomic E-state index is 11.7. The van der Waals surface area contributed by atoms with Gasteiger partial charge in [-0.25, -0.2) is 8.42 Å². The van der Waals surface area contributed by atoms with Crippen LogP contribution in [0.4, 0.5) is 17.3 Å². The molecule has 0 fully saturated rings. The molecule has 7 heteroatoms. The van der Waals surface area contributed by atoms with E-state index in [0.717, 1.165) is 11.3 Å². The molecule has 0 saturated carbocycles.